The summed E-state index contributed by atoms with van der Waals surface area (Å²) in [6, 6.07) is 21.7. The number of allylic oxidation sites excluding steroid dienone is 1. The predicted octanol–water partition coefficient (Wildman–Crippen LogP) is 5.73. The number of nitrogens with two attached hydrogens (primary N) is 1. The fraction of sp³-hybridized carbons (Fsp3) is 0.194. The number of nitrogens with zero attached hydrogens (tertiary/aromatic N) is 3. The molecule has 0 saturated carbocycles. The predicted molar refractivity (Wildman–Crippen MR) is 149 cm³/mol. The van der Waals surface area contributed by atoms with Crippen LogP contribution in [0, 0.1) is 18.3 Å². The maximum absolute atomic E-state index is 13.2. The van der Waals surface area contributed by atoms with Gasteiger partial charge in [0, 0.05) is 34.8 Å². The number of ether oxygens (including phenoxy) is 1. The van der Waals surface area contributed by atoms with Crippen molar-refractivity contribution in [3.8, 4) is 23.2 Å². The standard InChI is InChI=1S/C31H27N5O2/c1-16(2)21-13-18(30-35-25-12-8-6-10-20(25)31(37)36(30)4)14-22-27(23(15-32)29(33)38-28(21)22)26-17(3)34-24-11-7-5-9-19(24)26/h5-14,16,27,34H,33H2,1-4H3. The fourth-order valence-corrected chi connectivity index (χ4v) is 5.59. The first kappa shape index (κ1) is 23.6. The van der Waals surface area contributed by atoms with E-state index in [1.807, 2.05) is 55.5 Å². The number of nitriles is 1. The van der Waals surface area contributed by atoms with Crippen molar-refractivity contribution >= 4 is 21.8 Å². The van der Waals surface area contributed by atoms with Crippen LogP contribution in [0.25, 0.3) is 33.2 Å². The summed E-state index contributed by atoms with van der Waals surface area (Å²) in [5.74, 6) is 0.951. The Morgan fingerprint density at radius 3 is 2.55 bits per heavy atom. The summed E-state index contributed by atoms with van der Waals surface area (Å²) in [7, 11) is 1.74. The third-order valence-corrected chi connectivity index (χ3v) is 7.44. The van der Waals surface area contributed by atoms with E-state index in [2.05, 4.69) is 31.0 Å². The first-order valence-corrected chi connectivity index (χ1v) is 12.6. The van der Waals surface area contributed by atoms with Crippen molar-refractivity contribution in [3.63, 3.8) is 0 Å². The molecule has 188 valence electrons. The number of aromatic nitrogens is 3. The molecule has 0 amide bonds. The van der Waals surface area contributed by atoms with E-state index in [4.69, 9.17) is 15.5 Å². The number of nitrogens with one attached hydrogen (secondary N) is 1. The van der Waals surface area contributed by atoms with Gasteiger partial charge in [0.05, 0.1) is 16.8 Å². The van der Waals surface area contributed by atoms with Crippen molar-refractivity contribution in [3.05, 3.63) is 105 Å². The van der Waals surface area contributed by atoms with Crippen molar-refractivity contribution in [2.24, 2.45) is 12.8 Å². The van der Waals surface area contributed by atoms with Crippen molar-refractivity contribution < 1.29 is 4.74 Å². The van der Waals surface area contributed by atoms with Gasteiger partial charge < -0.3 is 15.5 Å². The molecule has 0 aliphatic carbocycles. The molecule has 38 heavy (non-hydrogen) atoms. The number of H-pyrrole nitrogens is 1. The van der Waals surface area contributed by atoms with Crippen LogP contribution in [0.5, 0.6) is 5.75 Å². The molecule has 1 atom stereocenters. The Bertz CT molecular complexity index is 1900. The van der Waals surface area contributed by atoms with Crippen molar-refractivity contribution in [1.29, 1.82) is 5.26 Å². The third-order valence-electron chi connectivity index (χ3n) is 7.44. The minimum atomic E-state index is -0.449. The van der Waals surface area contributed by atoms with Gasteiger partial charge in [0.25, 0.3) is 5.56 Å². The zero-order valence-electron chi connectivity index (χ0n) is 21.7. The van der Waals surface area contributed by atoms with E-state index in [9.17, 15) is 10.1 Å². The molecule has 7 heteroatoms. The van der Waals surface area contributed by atoms with Crippen molar-refractivity contribution in [1.82, 2.24) is 14.5 Å². The Kier molecular flexibility index (Phi) is 5.35. The van der Waals surface area contributed by atoms with Crippen molar-refractivity contribution in [2.45, 2.75) is 32.6 Å². The minimum Gasteiger partial charge on any atom is -0.440 e. The first-order chi connectivity index (χ1) is 18.3. The van der Waals surface area contributed by atoms with Crippen LogP contribution in [0.3, 0.4) is 0 Å². The second-order valence-corrected chi connectivity index (χ2v) is 10.1. The molecule has 2 aromatic heterocycles. The molecule has 0 radical (unpaired) electrons. The number of aryl methyl sites for hydroxylation is 1. The van der Waals surface area contributed by atoms with E-state index in [1.54, 1.807) is 17.7 Å². The molecule has 1 unspecified atom stereocenters. The lowest BCUT2D eigenvalue weighted by molar-refractivity contribution is 0.387. The summed E-state index contributed by atoms with van der Waals surface area (Å²) in [4.78, 5) is 21.6. The largest absolute Gasteiger partial charge is 0.440 e. The SMILES string of the molecule is Cc1[nH]c2ccccc2c1C1C(C#N)=C(N)Oc2c(C(C)C)cc(-c3nc4ccccc4c(=O)n3C)cc21. The molecule has 6 rings (SSSR count). The lowest BCUT2D eigenvalue weighted by atomic mass is 9.79. The Balaban J connectivity index is 1.69. The van der Waals surface area contributed by atoms with Crippen LogP contribution < -0.4 is 16.0 Å². The van der Waals surface area contributed by atoms with E-state index >= 15 is 0 Å². The van der Waals surface area contributed by atoms with Gasteiger partial charge in [-0.05, 0) is 54.3 Å². The number of para-hydroxylation sites is 2. The molecule has 1 aliphatic rings. The third kappa shape index (κ3) is 3.41. The summed E-state index contributed by atoms with van der Waals surface area (Å²) >= 11 is 0. The van der Waals surface area contributed by atoms with Gasteiger partial charge in [-0.3, -0.25) is 9.36 Å². The van der Waals surface area contributed by atoms with Crippen LogP contribution in [0.4, 0.5) is 0 Å². The molecule has 0 spiro atoms. The highest BCUT2D eigenvalue weighted by atomic mass is 16.5. The molecule has 3 heterocycles. The molecular weight excluding hydrogens is 474 g/mol. The maximum Gasteiger partial charge on any atom is 0.261 e. The highest BCUT2D eigenvalue weighted by molar-refractivity contribution is 5.87. The van der Waals surface area contributed by atoms with Gasteiger partial charge in [-0.1, -0.05) is 44.2 Å². The summed E-state index contributed by atoms with van der Waals surface area (Å²) in [6.45, 7) is 6.18. The number of hydrogen-bond donors (Lipinski definition) is 2. The number of fused-ring (bicyclic) bond motifs is 3. The van der Waals surface area contributed by atoms with E-state index in [0.717, 1.165) is 38.9 Å². The topological polar surface area (TPSA) is 110 Å². The van der Waals surface area contributed by atoms with Crippen LogP contribution in [0.2, 0.25) is 0 Å². The highest BCUT2D eigenvalue weighted by Gasteiger charge is 2.36. The van der Waals surface area contributed by atoms with Gasteiger partial charge in [-0.15, -0.1) is 0 Å². The number of aromatic amines is 1. The zero-order chi connectivity index (χ0) is 26.7. The highest BCUT2D eigenvalue weighted by Crippen LogP contribution is 2.49. The molecule has 3 aromatic carbocycles. The van der Waals surface area contributed by atoms with Crippen LogP contribution in [-0.4, -0.2) is 14.5 Å². The molecule has 3 N–H and O–H groups in total. The smallest absolute Gasteiger partial charge is 0.261 e. The van der Waals surface area contributed by atoms with Crippen LogP contribution in [0.1, 0.15) is 48.1 Å². The number of rotatable bonds is 3. The average molecular weight is 502 g/mol. The Hall–Kier alpha value is -4.83. The van der Waals surface area contributed by atoms with E-state index in [-0.39, 0.29) is 17.4 Å². The van der Waals surface area contributed by atoms with Gasteiger partial charge in [-0.2, -0.15) is 5.26 Å². The quantitative estimate of drug-likeness (QED) is 0.328. The molecular formula is C31H27N5O2. The second kappa shape index (κ2) is 8.63. The van der Waals surface area contributed by atoms with Crippen molar-refractivity contribution in [2.75, 3.05) is 0 Å². The Morgan fingerprint density at radius 1 is 1.11 bits per heavy atom. The van der Waals surface area contributed by atoms with Gasteiger partial charge in [0.1, 0.15) is 23.2 Å². The normalized spacial score (nSPS) is 15.1. The molecule has 1 aliphatic heterocycles. The Labute approximate surface area is 219 Å². The Morgan fingerprint density at radius 2 is 1.82 bits per heavy atom. The van der Waals surface area contributed by atoms with Gasteiger partial charge in [0.2, 0.25) is 5.88 Å². The minimum absolute atomic E-state index is 0.0855. The van der Waals surface area contributed by atoms with Crippen LogP contribution in [-0.2, 0) is 7.05 Å². The summed E-state index contributed by atoms with van der Waals surface area (Å²) in [5.41, 5.74) is 12.7. The summed E-state index contributed by atoms with van der Waals surface area (Å²) in [6.07, 6.45) is 0. The molecule has 5 aromatic rings. The van der Waals surface area contributed by atoms with Crippen LogP contribution in [0.15, 0.2) is 76.9 Å². The monoisotopic (exact) mass is 501 g/mol. The zero-order valence-corrected chi connectivity index (χ0v) is 21.7. The van der Waals surface area contributed by atoms with Gasteiger partial charge in [0.15, 0.2) is 0 Å². The average Bonchev–Trinajstić information content (AvgIpc) is 3.24. The second-order valence-electron chi connectivity index (χ2n) is 10.1. The first-order valence-electron chi connectivity index (χ1n) is 12.6. The van der Waals surface area contributed by atoms with E-state index < -0.39 is 5.92 Å². The van der Waals surface area contributed by atoms with E-state index in [1.165, 1.54) is 0 Å². The van der Waals surface area contributed by atoms with Crippen LogP contribution >= 0.6 is 0 Å². The number of benzene rings is 3. The lowest BCUT2D eigenvalue weighted by Crippen LogP contribution is -2.23. The molecule has 0 saturated heterocycles. The summed E-state index contributed by atoms with van der Waals surface area (Å²) in [5, 5.41) is 11.8. The molecule has 7 nitrogen and oxygen atoms in total. The van der Waals surface area contributed by atoms with Gasteiger partial charge in [-0.25, -0.2) is 4.98 Å². The number of hydrogen-bond acceptors (Lipinski definition) is 5. The molecule has 0 bridgehead atoms. The maximum atomic E-state index is 13.2. The van der Waals surface area contributed by atoms with E-state index in [0.29, 0.717) is 28.0 Å². The van der Waals surface area contributed by atoms with Gasteiger partial charge >= 0.3 is 0 Å². The molecule has 0 fully saturated rings. The summed E-state index contributed by atoms with van der Waals surface area (Å²) < 4.78 is 7.74. The fourth-order valence-electron chi connectivity index (χ4n) is 5.59. The lowest BCUT2D eigenvalue weighted by Gasteiger charge is -2.30.